The van der Waals surface area contributed by atoms with Crippen LogP contribution in [-0.2, 0) is 19.1 Å². The minimum atomic E-state index is -0.319. The van der Waals surface area contributed by atoms with Gasteiger partial charge in [-0.25, -0.2) is 4.99 Å². The van der Waals surface area contributed by atoms with E-state index in [1.54, 1.807) is 26.4 Å². The number of carbonyl (C=O) groups is 2. The highest BCUT2D eigenvalue weighted by Crippen LogP contribution is 2.30. The molecule has 2 amide bonds. The summed E-state index contributed by atoms with van der Waals surface area (Å²) in [6, 6.07) is 9.57. The van der Waals surface area contributed by atoms with E-state index in [9.17, 15) is 9.59 Å². The predicted octanol–water partition coefficient (Wildman–Crippen LogP) is 2.80. The molecule has 1 unspecified atom stereocenters. The zero-order chi connectivity index (χ0) is 19.9. The number of dihydropyridines is 1. The fourth-order valence-electron chi connectivity index (χ4n) is 3.05. The summed E-state index contributed by atoms with van der Waals surface area (Å²) in [5.41, 5.74) is 2.04. The Bertz CT molecular complexity index is 908. The summed E-state index contributed by atoms with van der Waals surface area (Å²) >= 11 is 0. The third-order valence-electron chi connectivity index (χ3n) is 4.49. The second-order valence-electron chi connectivity index (χ2n) is 6.27. The number of methoxy groups -OCH3 is 2. The van der Waals surface area contributed by atoms with Gasteiger partial charge in [-0.2, -0.15) is 0 Å². The number of nitrogens with zero attached hydrogens (tertiary/aromatic N) is 1. The van der Waals surface area contributed by atoms with Crippen LogP contribution in [0.1, 0.15) is 12.0 Å². The number of hydrogen-bond donors (Lipinski definition) is 1. The van der Waals surface area contributed by atoms with Crippen molar-refractivity contribution >= 4 is 23.6 Å². The maximum atomic E-state index is 12.4. The number of nitrogens with one attached hydrogen (secondary N) is 1. The molecule has 1 atom stereocenters. The van der Waals surface area contributed by atoms with Gasteiger partial charge in [-0.1, -0.05) is 36.4 Å². The summed E-state index contributed by atoms with van der Waals surface area (Å²) < 4.78 is 10.7. The average Bonchev–Trinajstić information content (AvgIpc) is 2.72. The molecule has 144 valence electrons. The molecule has 1 aliphatic carbocycles. The van der Waals surface area contributed by atoms with E-state index >= 15 is 0 Å². The molecule has 1 N–H and O–H groups in total. The zero-order valence-electron chi connectivity index (χ0n) is 15.8. The molecule has 0 saturated carbocycles. The van der Waals surface area contributed by atoms with Crippen molar-refractivity contribution in [2.24, 2.45) is 10.9 Å². The maximum absolute atomic E-state index is 12.4. The van der Waals surface area contributed by atoms with Crippen LogP contribution in [0.15, 0.2) is 76.7 Å². The number of hydrogen-bond acceptors (Lipinski definition) is 4. The number of rotatable bonds is 7. The molecule has 28 heavy (non-hydrogen) atoms. The summed E-state index contributed by atoms with van der Waals surface area (Å²) in [4.78, 5) is 28.5. The van der Waals surface area contributed by atoms with Crippen LogP contribution in [0.3, 0.4) is 0 Å². The monoisotopic (exact) mass is 378 g/mol. The Morgan fingerprint density at radius 3 is 2.68 bits per heavy atom. The van der Waals surface area contributed by atoms with Gasteiger partial charge < -0.3 is 14.8 Å². The van der Waals surface area contributed by atoms with Gasteiger partial charge in [0.25, 0.3) is 5.91 Å². The molecule has 0 saturated heterocycles. The molecular formula is C22H22N2O4. The Hall–Kier alpha value is -3.41. The molecule has 0 bridgehead atoms. The average molecular weight is 378 g/mol. The predicted molar refractivity (Wildman–Crippen MR) is 107 cm³/mol. The SMILES string of the molecule is COC1=CC=C(OC)C2C=C(CCNC(=O)/C=C/c3ccccc3)C(=O)N=C12. The van der Waals surface area contributed by atoms with Gasteiger partial charge in [-0.3, -0.25) is 9.59 Å². The molecule has 0 radical (unpaired) electrons. The molecule has 1 heterocycles. The van der Waals surface area contributed by atoms with Crippen LogP contribution in [-0.4, -0.2) is 38.3 Å². The van der Waals surface area contributed by atoms with Crippen LogP contribution in [0.5, 0.6) is 0 Å². The third-order valence-corrected chi connectivity index (χ3v) is 4.49. The van der Waals surface area contributed by atoms with Crippen molar-refractivity contribution in [2.75, 3.05) is 20.8 Å². The van der Waals surface area contributed by atoms with Crippen molar-refractivity contribution in [1.82, 2.24) is 5.32 Å². The minimum absolute atomic E-state index is 0.211. The first-order valence-corrected chi connectivity index (χ1v) is 8.97. The van der Waals surface area contributed by atoms with Crippen molar-refractivity contribution in [3.8, 4) is 0 Å². The number of carbonyl (C=O) groups excluding carboxylic acids is 2. The first-order valence-electron chi connectivity index (χ1n) is 8.97. The number of aliphatic imine (C=N–C) groups is 1. The van der Waals surface area contributed by atoms with Gasteiger partial charge in [0, 0.05) is 18.2 Å². The van der Waals surface area contributed by atoms with E-state index in [1.165, 1.54) is 6.08 Å². The Morgan fingerprint density at radius 1 is 1.18 bits per heavy atom. The molecule has 3 rings (SSSR count). The van der Waals surface area contributed by atoms with Crippen molar-refractivity contribution in [2.45, 2.75) is 6.42 Å². The van der Waals surface area contributed by atoms with Gasteiger partial charge in [0.2, 0.25) is 5.91 Å². The van der Waals surface area contributed by atoms with Crippen LogP contribution >= 0.6 is 0 Å². The van der Waals surface area contributed by atoms with Crippen LogP contribution in [0, 0.1) is 5.92 Å². The van der Waals surface area contributed by atoms with E-state index in [2.05, 4.69) is 10.3 Å². The van der Waals surface area contributed by atoms with Gasteiger partial charge in [0.05, 0.1) is 20.1 Å². The number of ether oxygens (including phenoxy) is 2. The number of fused-ring (bicyclic) bond motifs is 1. The van der Waals surface area contributed by atoms with Gasteiger partial charge in [-0.15, -0.1) is 0 Å². The quantitative estimate of drug-likeness (QED) is 0.740. The highest BCUT2D eigenvalue weighted by Gasteiger charge is 2.32. The van der Waals surface area contributed by atoms with E-state index in [0.29, 0.717) is 35.8 Å². The first kappa shape index (κ1) is 19.4. The Balaban J connectivity index is 1.59. The lowest BCUT2D eigenvalue weighted by atomic mass is 9.89. The molecule has 6 heteroatoms. The second-order valence-corrected chi connectivity index (χ2v) is 6.27. The van der Waals surface area contributed by atoms with Gasteiger partial charge in [-0.05, 0) is 30.2 Å². The van der Waals surface area contributed by atoms with Crippen LogP contribution in [0.25, 0.3) is 6.08 Å². The van der Waals surface area contributed by atoms with Gasteiger partial charge in [0.15, 0.2) is 0 Å². The topological polar surface area (TPSA) is 77.0 Å². The van der Waals surface area contributed by atoms with Crippen LogP contribution in [0.2, 0.25) is 0 Å². The Morgan fingerprint density at radius 2 is 1.96 bits per heavy atom. The lowest BCUT2D eigenvalue weighted by Gasteiger charge is -2.26. The van der Waals surface area contributed by atoms with Gasteiger partial charge >= 0.3 is 0 Å². The maximum Gasteiger partial charge on any atom is 0.273 e. The molecule has 0 fully saturated rings. The van der Waals surface area contributed by atoms with E-state index in [1.807, 2.05) is 42.5 Å². The minimum Gasteiger partial charge on any atom is -0.500 e. The molecular weight excluding hydrogens is 356 g/mol. The van der Waals surface area contributed by atoms with E-state index in [4.69, 9.17) is 9.47 Å². The normalized spacial score (nSPS) is 18.5. The zero-order valence-corrected chi connectivity index (χ0v) is 15.8. The third kappa shape index (κ3) is 4.46. The first-order chi connectivity index (χ1) is 13.6. The Kier molecular flexibility index (Phi) is 6.22. The van der Waals surface area contributed by atoms with E-state index < -0.39 is 0 Å². The van der Waals surface area contributed by atoms with Crippen molar-refractivity contribution in [3.63, 3.8) is 0 Å². The standard InChI is InChI=1S/C22H22N2O4/c1-27-18-9-10-19(28-2)21-17(18)14-16(22(26)24-21)12-13-23-20(25)11-8-15-6-4-3-5-7-15/h3-11,14,17H,12-13H2,1-2H3,(H,23,25)/b11-8+. The Labute approximate surface area is 163 Å². The smallest absolute Gasteiger partial charge is 0.273 e. The highest BCUT2D eigenvalue weighted by atomic mass is 16.5. The van der Waals surface area contributed by atoms with E-state index in [-0.39, 0.29) is 17.7 Å². The summed E-state index contributed by atoms with van der Waals surface area (Å²) in [6.45, 7) is 0.339. The molecule has 2 aliphatic rings. The summed E-state index contributed by atoms with van der Waals surface area (Å²) in [6.07, 6.45) is 8.98. The second kappa shape index (κ2) is 8.99. The fraction of sp³-hybridized carbons (Fsp3) is 0.227. The molecule has 1 aromatic rings. The van der Waals surface area contributed by atoms with Crippen molar-refractivity contribution in [1.29, 1.82) is 0 Å². The van der Waals surface area contributed by atoms with Crippen molar-refractivity contribution < 1.29 is 19.1 Å². The molecule has 1 aromatic carbocycles. The number of benzene rings is 1. The molecule has 1 aliphatic heterocycles. The van der Waals surface area contributed by atoms with Crippen LogP contribution < -0.4 is 5.32 Å². The number of allylic oxidation sites excluding steroid dienone is 4. The highest BCUT2D eigenvalue weighted by molar-refractivity contribution is 6.15. The summed E-state index contributed by atoms with van der Waals surface area (Å²) in [5, 5.41) is 2.79. The van der Waals surface area contributed by atoms with Crippen LogP contribution in [0.4, 0.5) is 0 Å². The summed E-state index contributed by atoms with van der Waals surface area (Å²) in [5.74, 6) is 0.455. The largest absolute Gasteiger partial charge is 0.500 e. The summed E-state index contributed by atoms with van der Waals surface area (Å²) in [7, 11) is 3.12. The van der Waals surface area contributed by atoms with Gasteiger partial charge in [0.1, 0.15) is 17.2 Å². The number of amides is 2. The lowest BCUT2D eigenvalue weighted by Crippen LogP contribution is -2.29. The van der Waals surface area contributed by atoms with E-state index in [0.717, 1.165) is 5.56 Å². The fourth-order valence-corrected chi connectivity index (χ4v) is 3.05. The lowest BCUT2D eigenvalue weighted by molar-refractivity contribution is -0.117. The van der Waals surface area contributed by atoms with Crippen molar-refractivity contribution in [3.05, 3.63) is 77.3 Å². The molecule has 0 aromatic heterocycles. The molecule has 0 spiro atoms. The molecule has 6 nitrogen and oxygen atoms in total.